The fourth-order valence-electron chi connectivity index (χ4n) is 3.67. The summed E-state index contributed by atoms with van der Waals surface area (Å²) >= 11 is 0. The van der Waals surface area contributed by atoms with Crippen LogP contribution in [0.4, 0.5) is 0 Å². The van der Waals surface area contributed by atoms with Crippen molar-refractivity contribution in [3.05, 3.63) is 40.8 Å². The summed E-state index contributed by atoms with van der Waals surface area (Å²) in [4.78, 5) is 23.6. The van der Waals surface area contributed by atoms with Gasteiger partial charge in [-0.15, -0.1) is 0 Å². The summed E-state index contributed by atoms with van der Waals surface area (Å²) in [5, 5.41) is 4.09. The Labute approximate surface area is 134 Å². The monoisotopic (exact) mass is 312 g/mol. The Bertz CT molecular complexity index is 740. The summed E-state index contributed by atoms with van der Waals surface area (Å²) in [7, 11) is 0. The quantitative estimate of drug-likeness (QED) is 0.852. The van der Waals surface area contributed by atoms with E-state index in [0.29, 0.717) is 5.69 Å². The molecule has 0 aromatic carbocycles. The summed E-state index contributed by atoms with van der Waals surface area (Å²) in [6, 6.07) is 1.92. The van der Waals surface area contributed by atoms with E-state index < -0.39 is 0 Å². The van der Waals surface area contributed by atoms with E-state index in [2.05, 4.69) is 15.1 Å². The van der Waals surface area contributed by atoms with Crippen LogP contribution in [0.3, 0.4) is 0 Å². The van der Waals surface area contributed by atoms with Crippen molar-refractivity contribution in [2.24, 2.45) is 0 Å². The van der Waals surface area contributed by atoms with Crippen LogP contribution in [0, 0.1) is 6.92 Å². The average Bonchev–Trinajstić information content (AvgIpc) is 3.21. The Morgan fingerprint density at radius 2 is 2.17 bits per heavy atom. The normalized spacial score (nSPS) is 20.6. The van der Waals surface area contributed by atoms with Crippen LogP contribution in [0.1, 0.15) is 65.1 Å². The highest BCUT2D eigenvalue weighted by atomic mass is 16.5. The summed E-state index contributed by atoms with van der Waals surface area (Å²) < 4.78 is 5.40. The topological polar surface area (TPSA) is 72.1 Å². The van der Waals surface area contributed by atoms with E-state index in [1.165, 1.54) is 0 Å². The van der Waals surface area contributed by atoms with Crippen molar-refractivity contribution >= 4 is 5.91 Å². The van der Waals surface area contributed by atoms with Crippen LogP contribution in [0.2, 0.25) is 0 Å². The Hall–Kier alpha value is -2.24. The van der Waals surface area contributed by atoms with Crippen LogP contribution in [0.5, 0.6) is 0 Å². The standard InChI is InChI=1S/C17H20N4O2/c1-11-18-9-8-13(19-11)14-6-4-10-21(14)17(22)16-12-5-2-3-7-15(12)23-20-16/h8-9,14H,2-7,10H2,1H3/t14-/m0/s1. The fourth-order valence-corrected chi connectivity index (χ4v) is 3.67. The largest absolute Gasteiger partial charge is 0.360 e. The number of aromatic nitrogens is 3. The van der Waals surface area contributed by atoms with Gasteiger partial charge >= 0.3 is 0 Å². The number of hydrogen-bond donors (Lipinski definition) is 0. The molecule has 4 rings (SSSR count). The van der Waals surface area contributed by atoms with Crippen molar-refractivity contribution in [1.82, 2.24) is 20.0 Å². The van der Waals surface area contributed by atoms with Crippen molar-refractivity contribution in [2.45, 2.75) is 51.5 Å². The number of likely N-dealkylation sites (tertiary alicyclic amines) is 1. The van der Waals surface area contributed by atoms with E-state index in [9.17, 15) is 4.79 Å². The third kappa shape index (κ3) is 2.52. The lowest BCUT2D eigenvalue weighted by Gasteiger charge is -2.24. The minimum atomic E-state index is -0.0179. The van der Waals surface area contributed by atoms with Crippen LogP contribution in [0.25, 0.3) is 0 Å². The van der Waals surface area contributed by atoms with E-state index in [1.54, 1.807) is 6.20 Å². The van der Waals surface area contributed by atoms with Gasteiger partial charge in [-0.05, 0) is 45.1 Å². The van der Waals surface area contributed by atoms with Gasteiger partial charge in [0.25, 0.3) is 5.91 Å². The maximum absolute atomic E-state index is 13.0. The van der Waals surface area contributed by atoms with E-state index >= 15 is 0 Å². The van der Waals surface area contributed by atoms with Gasteiger partial charge in [-0.25, -0.2) is 9.97 Å². The molecule has 120 valence electrons. The molecule has 6 nitrogen and oxygen atoms in total. The second kappa shape index (κ2) is 5.76. The third-order valence-corrected chi connectivity index (χ3v) is 4.81. The molecule has 2 aliphatic rings. The molecule has 1 atom stereocenters. The summed E-state index contributed by atoms with van der Waals surface area (Å²) in [5.41, 5.74) is 2.45. The number of carbonyl (C=O) groups excluding carboxylic acids is 1. The van der Waals surface area contributed by atoms with Crippen LogP contribution in [-0.2, 0) is 12.8 Å². The van der Waals surface area contributed by atoms with Gasteiger partial charge in [0.2, 0.25) is 0 Å². The molecule has 1 aliphatic carbocycles. The zero-order valence-electron chi connectivity index (χ0n) is 13.3. The predicted molar refractivity (Wildman–Crippen MR) is 82.9 cm³/mol. The minimum absolute atomic E-state index is 0.0140. The average molecular weight is 312 g/mol. The maximum atomic E-state index is 13.0. The molecule has 23 heavy (non-hydrogen) atoms. The maximum Gasteiger partial charge on any atom is 0.276 e. The SMILES string of the molecule is Cc1nccc([C@@H]2CCCN2C(=O)c2noc3c2CCCC3)n1. The number of hydrogen-bond acceptors (Lipinski definition) is 5. The second-order valence-corrected chi connectivity index (χ2v) is 6.33. The Balaban J connectivity index is 1.64. The van der Waals surface area contributed by atoms with Gasteiger partial charge in [-0.3, -0.25) is 4.79 Å². The number of aryl methyl sites for hydroxylation is 2. The first-order valence-electron chi connectivity index (χ1n) is 8.32. The molecule has 1 saturated heterocycles. The Morgan fingerprint density at radius 3 is 3.04 bits per heavy atom. The lowest BCUT2D eigenvalue weighted by molar-refractivity contribution is 0.0721. The first-order valence-corrected chi connectivity index (χ1v) is 8.32. The molecule has 1 amide bonds. The molecule has 1 fully saturated rings. The predicted octanol–water partition coefficient (Wildman–Crippen LogP) is 2.63. The summed E-state index contributed by atoms with van der Waals surface area (Å²) in [5.74, 6) is 1.62. The highest BCUT2D eigenvalue weighted by Crippen LogP contribution is 2.33. The van der Waals surface area contributed by atoms with E-state index in [4.69, 9.17) is 4.52 Å². The van der Waals surface area contributed by atoms with E-state index in [-0.39, 0.29) is 11.9 Å². The fraction of sp³-hybridized carbons (Fsp3) is 0.529. The minimum Gasteiger partial charge on any atom is -0.360 e. The Kier molecular flexibility index (Phi) is 3.59. The summed E-state index contributed by atoms with van der Waals surface area (Å²) in [6.45, 7) is 2.62. The molecule has 0 radical (unpaired) electrons. The zero-order valence-corrected chi connectivity index (χ0v) is 13.3. The van der Waals surface area contributed by atoms with Crippen molar-refractivity contribution in [2.75, 3.05) is 6.54 Å². The second-order valence-electron chi connectivity index (χ2n) is 6.33. The van der Waals surface area contributed by atoms with Gasteiger partial charge in [-0.2, -0.15) is 0 Å². The summed E-state index contributed by atoms with van der Waals surface area (Å²) in [6.07, 6.45) is 7.68. The third-order valence-electron chi connectivity index (χ3n) is 4.81. The molecule has 6 heteroatoms. The first kappa shape index (κ1) is 14.4. The van der Waals surface area contributed by atoms with Crippen molar-refractivity contribution in [1.29, 1.82) is 0 Å². The highest BCUT2D eigenvalue weighted by molar-refractivity contribution is 5.94. The lowest BCUT2D eigenvalue weighted by atomic mass is 9.96. The van der Waals surface area contributed by atoms with Crippen LogP contribution in [0.15, 0.2) is 16.8 Å². The molecule has 0 unspecified atom stereocenters. The van der Waals surface area contributed by atoms with Crippen molar-refractivity contribution in [3.63, 3.8) is 0 Å². The van der Waals surface area contributed by atoms with E-state index in [1.807, 2.05) is 17.9 Å². The van der Waals surface area contributed by atoms with Gasteiger partial charge < -0.3 is 9.42 Å². The molecular weight excluding hydrogens is 292 g/mol. The molecular formula is C17H20N4O2. The van der Waals surface area contributed by atoms with Crippen LogP contribution in [-0.4, -0.2) is 32.5 Å². The van der Waals surface area contributed by atoms with Crippen LogP contribution >= 0.6 is 0 Å². The molecule has 2 aromatic heterocycles. The molecule has 2 aromatic rings. The first-order chi connectivity index (χ1) is 11.2. The van der Waals surface area contributed by atoms with Gasteiger partial charge in [-0.1, -0.05) is 5.16 Å². The number of amides is 1. The van der Waals surface area contributed by atoms with Gasteiger partial charge in [0.1, 0.15) is 11.6 Å². The molecule has 3 heterocycles. The number of rotatable bonds is 2. The van der Waals surface area contributed by atoms with Gasteiger partial charge in [0.05, 0.1) is 11.7 Å². The smallest absolute Gasteiger partial charge is 0.276 e. The van der Waals surface area contributed by atoms with Gasteiger partial charge in [0, 0.05) is 24.7 Å². The zero-order chi connectivity index (χ0) is 15.8. The van der Waals surface area contributed by atoms with Gasteiger partial charge in [0.15, 0.2) is 5.69 Å². The molecule has 0 bridgehead atoms. The van der Waals surface area contributed by atoms with Crippen molar-refractivity contribution in [3.8, 4) is 0 Å². The molecule has 0 saturated carbocycles. The Morgan fingerprint density at radius 1 is 1.30 bits per heavy atom. The van der Waals surface area contributed by atoms with Crippen LogP contribution < -0.4 is 0 Å². The number of carbonyl (C=O) groups is 1. The number of nitrogens with zero attached hydrogens (tertiary/aromatic N) is 4. The molecule has 0 N–H and O–H groups in total. The van der Waals surface area contributed by atoms with E-state index in [0.717, 1.165) is 67.9 Å². The van der Waals surface area contributed by atoms with Crippen molar-refractivity contribution < 1.29 is 9.32 Å². The number of fused-ring (bicyclic) bond motifs is 1. The molecule has 1 aliphatic heterocycles. The lowest BCUT2D eigenvalue weighted by Crippen LogP contribution is -2.32. The highest BCUT2D eigenvalue weighted by Gasteiger charge is 2.35. The molecule has 0 spiro atoms.